The van der Waals surface area contributed by atoms with Crippen LogP contribution in [0.5, 0.6) is 5.75 Å². The number of methoxy groups -OCH3 is 1. The molecule has 0 aliphatic rings. The van der Waals surface area contributed by atoms with E-state index in [1.807, 2.05) is 17.5 Å². The lowest BCUT2D eigenvalue weighted by atomic mass is 10.3. The van der Waals surface area contributed by atoms with Crippen LogP contribution in [0.1, 0.15) is 17.1 Å². The van der Waals surface area contributed by atoms with Gasteiger partial charge in [0.15, 0.2) is 5.16 Å². The normalized spacial score (nSPS) is 11.0. The molecule has 2 heterocycles. The van der Waals surface area contributed by atoms with E-state index in [1.54, 1.807) is 35.1 Å². The molecule has 0 radical (unpaired) electrons. The van der Waals surface area contributed by atoms with Crippen molar-refractivity contribution in [2.24, 2.45) is 0 Å². The minimum atomic E-state index is -0.205. The monoisotopic (exact) mass is 426 g/mol. The van der Waals surface area contributed by atoms with E-state index < -0.39 is 0 Å². The fourth-order valence-corrected chi connectivity index (χ4v) is 4.08. The molecular weight excluding hydrogens is 408 g/mol. The summed E-state index contributed by atoms with van der Waals surface area (Å²) in [6.07, 6.45) is 0.756. The number of hydrogen-bond acceptors (Lipinski definition) is 7. The van der Waals surface area contributed by atoms with Gasteiger partial charge in [0, 0.05) is 36.4 Å². The Labute approximate surface area is 169 Å². The van der Waals surface area contributed by atoms with Crippen molar-refractivity contribution in [3.63, 3.8) is 0 Å². The quantitative estimate of drug-likeness (QED) is 0.394. The van der Waals surface area contributed by atoms with Crippen molar-refractivity contribution in [3.05, 3.63) is 55.9 Å². The highest BCUT2D eigenvalue weighted by molar-refractivity contribution is 7.98. The van der Waals surface area contributed by atoms with Crippen LogP contribution in [0.2, 0.25) is 5.02 Å². The second kappa shape index (κ2) is 9.93. The maximum atomic E-state index is 11.8. The zero-order valence-corrected chi connectivity index (χ0v) is 17.1. The lowest BCUT2D eigenvalue weighted by Crippen LogP contribution is -2.18. The zero-order chi connectivity index (χ0) is 19.1. The topological polar surface area (TPSA) is 82.0 Å². The van der Waals surface area contributed by atoms with Gasteiger partial charge in [0.05, 0.1) is 5.69 Å². The highest BCUT2D eigenvalue weighted by Crippen LogP contribution is 2.22. The number of nitrogens with one attached hydrogen (secondary N) is 1. The molecule has 1 aromatic carbocycles. The Morgan fingerprint density at radius 3 is 2.93 bits per heavy atom. The zero-order valence-electron chi connectivity index (χ0n) is 14.7. The van der Waals surface area contributed by atoms with Gasteiger partial charge in [0.1, 0.15) is 17.4 Å². The first-order valence-corrected chi connectivity index (χ1v) is 10.5. The summed E-state index contributed by atoms with van der Waals surface area (Å²) in [5, 5.41) is 10.8. The summed E-state index contributed by atoms with van der Waals surface area (Å²) < 4.78 is 12.4. The number of thioether (sulfide) groups is 1. The van der Waals surface area contributed by atoms with Crippen LogP contribution >= 0.6 is 34.7 Å². The van der Waals surface area contributed by atoms with Crippen molar-refractivity contribution in [1.82, 2.24) is 19.7 Å². The van der Waals surface area contributed by atoms with Gasteiger partial charge in [-0.3, -0.25) is 4.57 Å². The van der Waals surface area contributed by atoms with Crippen LogP contribution in [0.4, 0.5) is 0 Å². The lowest BCUT2D eigenvalue weighted by Gasteiger charge is -2.04. The average Bonchev–Trinajstić information content (AvgIpc) is 3.27. The number of aromatic amines is 1. The van der Waals surface area contributed by atoms with Crippen LogP contribution in [0.3, 0.4) is 0 Å². The van der Waals surface area contributed by atoms with Crippen molar-refractivity contribution in [3.8, 4) is 5.75 Å². The van der Waals surface area contributed by atoms with Crippen molar-refractivity contribution in [1.29, 1.82) is 0 Å². The average molecular weight is 427 g/mol. The molecule has 144 valence electrons. The van der Waals surface area contributed by atoms with E-state index in [1.165, 1.54) is 11.8 Å². The molecule has 0 spiro atoms. The highest BCUT2D eigenvalue weighted by Gasteiger charge is 2.10. The van der Waals surface area contributed by atoms with E-state index in [2.05, 4.69) is 15.2 Å². The molecule has 0 fully saturated rings. The van der Waals surface area contributed by atoms with Gasteiger partial charge >= 0.3 is 5.69 Å². The Kier molecular flexibility index (Phi) is 7.33. The SMILES string of the molecule is COCCCn1c(SCc2csc(COc3ccc(Cl)cc3)n2)n[nH]c1=O. The maximum Gasteiger partial charge on any atom is 0.343 e. The van der Waals surface area contributed by atoms with E-state index in [0.717, 1.165) is 22.9 Å². The number of halogens is 1. The second-order valence-electron chi connectivity index (χ2n) is 5.57. The van der Waals surface area contributed by atoms with Crippen LogP contribution in [-0.4, -0.2) is 33.5 Å². The van der Waals surface area contributed by atoms with Crippen LogP contribution in [-0.2, 0) is 23.6 Å². The van der Waals surface area contributed by atoms with Crippen LogP contribution in [0.25, 0.3) is 0 Å². The molecule has 2 aromatic heterocycles. The molecule has 0 aliphatic carbocycles. The number of rotatable bonds is 10. The second-order valence-corrected chi connectivity index (χ2v) is 7.89. The predicted molar refractivity (Wildman–Crippen MR) is 107 cm³/mol. The summed E-state index contributed by atoms with van der Waals surface area (Å²) in [4.78, 5) is 16.4. The molecule has 3 rings (SSSR count). The van der Waals surface area contributed by atoms with Crippen LogP contribution in [0.15, 0.2) is 39.6 Å². The molecule has 7 nitrogen and oxygen atoms in total. The first kappa shape index (κ1) is 19.9. The summed E-state index contributed by atoms with van der Waals surface area (Å²) in [6, 6.07) is 7.23. The van der Waals surface area contributed by atoms with Gasteiger partial charge < -0.3 is 9.47 Å². The summed E-state index contributed by atoms with van der Waals surface area (Å²) in [6.45, 7) is 1.58. The molecule has 3 aromatic rings. The third-order valence-electron chi connectivity index (χ3n) is 3.58. The van der Waals surface area contributed by atoms with E-state index in [-0.39, 0.29) is 5.69 Å². The molecule has 0 amide bonds. The molecule has 0 saturated carbocycles. The number of thiazole rings is 1. The van der Waals surface area contributed by atoms with Crippen molar-refractivity contribution in [2.75, 3.05) is 13.7 Å². The molecular formula is C17H19ClN4O3S2. The Balaban J connectivity index is 1.52. The van der Waals surface area contributed by atoms with Gasteiger partial charge in [-0.1, -0.05) is 23.4 Å². The van der Waals surface area contributed by atoms with E-state index in [9.17, 15) is 4.79 Å². The smallest absolute Gasteiger partial charge is 0.343 e. The summed E-state index contributed by atoms with van der Waals surface area (Å²) in [5.74, 6) is 1.38. The lowest BCUT2D eigenvalue weighted by molar-refractivity contribution is 0.189. The van der Waals surface area contributed by atoms with Crippen LogP contribution in [0, 0.1) is 0 Å². The standard InChI is InChI=1S/C17H19ClN4O3S2/c1-24-8-2-7-22-16(23)20-21-17(22)27-11-13-10-26-15(19-13)9-25-14-5-3-12(18)4-6-14/h3-6,10H,2,7-9,11H2,1H3,(H,20,23). The minimum Gasteiger partial charge on any atom is -0.486 e. The fraction of sp³-hybridized carbons (Fsp3) is 0.353. The summed E-state index contributed by atoms with van der Waals surface area (Å²) >= 11 is 8.88. The number of ether oxygens (including phenoxy) is 2. The summed E-state index contributed by atoms with van der Waals surface area (Å²) in [5.41, 5.74) is 0.725. The molecule has 0 unspecified atom stereocenters. The van der Waals surface area contributed by atoms with Gasteiger partial charge in [-0.2, -0.15) is 0 Å². The minimum absolute atomic E-state index is 0.205. The van der Waals surface area contributed by atoms with E-state index >= 15 is 0 Å². The number of H-pyrrole nitrogens is 1. The Morgan fingerprint density at radius 1 is 1.33 bits per heavy atom. The Hall–Kier alpha value is -1.81. The van der Waals surface area contributed by atoms with E-state index in [0.29, 0.717) is 35.7 Å². The number of benzene rings is 1. The largest absolute Gasteiger partial charge is 0.486 e. The predicted octanol–water partition coefficient (Wildman–Crippen LogP) is 3.59. The third kappa shape index (κ3) is 5.83. The van der Waals surface area contributed by atoms with E-state index in [4.69, 9.17) is 21.1 Å². The molecule has 27 heavy (non-hydrogen) atoms. The van der Waals surface area contributed by atoms with Crippen molar-refractivity contribution < 1.29 is 9.47 Å². The molecule has 10 heteroatoms. The number of nitrogens with zero attached hydrogens (tertiary/aromatic N) is 3. The van der Waals surface area contributed by atoms with Crippen molar-refractivity contribution in [2.45, 2.75) is 30.5 Å². The molecule has 0 aliphatic heterocycles. The summed E-state index contributed by atoms with van der Waals surface area (Å²) in [7, 11) is 1.64. The van der Waals surface area contributed by atoms with Gasteiger partial charge in [0.25, 0.3) is 0 Å². The van der Waals surface area contributed by atoms with Gasteiger partial charge in [-0.25, -0.2) is 14.9 Å². The third-order valence-corrected chi connectivity index (χ3v) is 5.71. The number of aromatic nitrogens is 4. The first-order valence-electron chi connectivity index (χ1n) is 8.24. The Bertz CT molecular complexity index is 908. The molecule has 0 atom stereocenters. The maximum absolute atomic E-state index is 11.8. The van der Waals surface area contributed by atoms with Gasteiger partial charge in [0.2, 0.25) is 0 Å². The van der Waals surface area contributed by atoms with Crippen LogP contribution < -0.4 is 10.4 Å². The Morgan fingerprint density at radius 2 is 2.15 bits per heavy atom. The molecule has 1 N–H and O–H groups in total. The molecule has 0 bridgehead atoms. The first-order chi connectivity index (χ1) is 13.2. The molecule has 0 saturated heterocycles. The fourth-order valence-electron chi connectivity index (χ4n) is 2.27. The van der Waals surface area contributed by atoms with Gasteiger partial charge in [-0.15, -0.1) is 16.4 Å². The van der Waals surface area contributed by atoms with Gasteiger partial charge in [-0.05, 0) is 30.7 Å². The number of hydrogen-bond donors (Lipinski definition) is 1. The van der Waals surface area contributed by atoms with Crippen molar-refractivity contribution >= 4 is 34.7 Å². The highest BCUT2D eigenvalue weighted by atomic mass is 35.5.